The molecule has 0 nitrogen and oxygen atoms in total. The molecule has 0 unspecified atom stereocenters. The summed E-state index contributed by atoms with van der Waals surface area (Å²) in [6.07, 6.45) is 8.86. The van der Waals surface area contributed by atoms with Gasteiger partial charge in [-0.15, -0.1) is 68.9 Å². The molecule has 4 heterocycles. The van der Waals surface area contributed by atoms with Crippen molar-refractivity contribution in [3.8, 4) is 0 Å². The Morgan fingerprint density at radius 1 is 0.533 bits per heavy atom. The fourth-order valence-electron chi connectivity index (χ4n) is 3.78. The zero-order valence-corrected chi connectivity index (χ0v) is 21.1. The Kier molecular flexibility index (Phi) is 4.98. The standard InChI is InChI=1S/C24H16S6/c1-25-23-11-17-15-9-13(27-19(15)5-7-21(17)29-23)3-4-14-10-16-18-12-24(26-2)30-22(18)8-6-20(16)28-14/h3-12H,1-2H3/b4-3+. The molecule has 30 heavy (non-hydrogen) atoms. The van der Waals surface area contributed by atoms with Gasteiger partial charge in [-0.3, -0.25) is 0 Å². The van der Waals surface area contributed by atoms with Crippen LogP contribution < -0.4 is 0 Å². The Morgan fingerprint density at radius 3 is 1.30 bits per heavy atom. The first kappa shape index (κ1) is 19.4. The molecule has 0 bridgehead atoms. The van der Waals surface area contributed by atoms with E-state index in [2.05, 4.69) is 73.2 Å². The van der Waals surface area contributed by atoms with Gasteiger partial charge in [-0.25, -0.2) is 0 Å². The maximum atomic E-state index is 2.35. The van der Waals surface area contributed by atoms with Crippen LogP contribution in [0.25, 0.3) is 52.5 Å². The van der Waals surface area contributed by atoms with E-state index in [1.165, 1.54) is 58.5 Å². The summed E-state index contributed by atoms with van der Waals surface area (Å²) in [6, 6.07) is 18.5. The fraction of sp³-hybridized carbons (Fsp3) is 0.0833. The first-order valence-electron chi connectivity index (χ1n) is 9.40. The van der Waals surface area contributed by atoms with Crippen molar-refractivity contribution in [2.75, 3.05) is 12.5 Å². The lowest BCUT2D eigenvalue weighted by atomic mass is 10.1. The number of fused-ring (bicyclic) bond motifs is 6. The van der Waals surface area contributed by atoms with E-state index in [1.54, 1.807) is 0 Å². The summed E-state index contributed by atoms with van der Waals surface area (Å²) in [5, 5.41) is 5.55. The lowest BCUT2D eigenvalue weighted by Crippen LogP contribution is -1.64. The third-order valence-electron chi connectivity index (χ3n) is 5.20. The van der Waals surface area contributed by atoms with E-state index in [0.29, 0.717) is 0 Å². The Balaban J connectivity index is 1.40. The van der Waals surface area contributed by atoms with E-state index in [4.69, 9.17) is 0 Å². The van der Waals surface area contributed by atoms with Crippen LogP contribution in [0.15, 0.2) is 56.9 Å². The molecule has 0 amide bonds. The summed E-state index contributed by atoms with van der Waals surface area (Å²) in [6.45, 7) is 0. The van der Waals surface area contributed by atoms with E-state index >= 15 is 0 Å². The average molecular weight is 497 g/mol. The highest BCUT2D eigenvalue weighted by Crippen LogP contribution is 2.41. The molecule has 4 aromatic heterocycles. The first-order chi connectivity index (χ1) is 14.7. The van der Waals surface area contributed by atoms with Gasteiger partial charge in [0.2, 0.25) is 0 Å². The molecule has 0 saturated carbocycles. The van der Waals surface area contributed by atoms with Crippen LogP contribution >= 0.6 is 68.9 Å². The second-order valence-corrected chi connectivity index (χ2v) is 13.6. The van der Waals surface area contributed by atoms with Crippen LogP contribution in [0.2, 0.25) is 0 Å². The van der Waals surface area contributed by atoms with E-state index in [1.807, 2.05) is 68.9 Å². The predicted molar refractivity (Wildman–Crippen MR) is 147 cm³/mol. The zero-order chi connectivity index (χ0) is 20.2. The summed E-state index contributed by atoms with van der Waals surface area (Å²) >= 11 is 11.2. The van der Waals surface area contributed by atoms with Gasteiger partial charge in [0.1, 0.15) is 0 Å². The largest absolute Gasteiger partial charge is 0.136 e. The molecule has 0 radical (unpaired) electrons. The van der Waals surface area contributed by atoms with Crippen molar-refractivity contribution in [3.63, 3.8) is 0 Å². The highest BCUT2D eigenvalue weighted by atomic mass is 32.2. The summed E-state index contributed by atoms with van der Waals surface area (Å²) in [5.74, 6) is 0. The summed E-state index contributed by atoms with van der Waals surface area (Å²) in [5.41, 5.74) is 0. The molecule has 0 atom stereocenters. The molecule has 0 fully saturated rings. The average Bonchev–Trinajstić information content (AvgIpc) is 3.53. The van der Waals surface area contributed by atoms with Gasteiger partial charge in [0.25, 0.3) is 0 Å². The third kappa shape index (κ3) is 3.25. The molecule has 0 aliphatic rings. The maximum Gasteiger partial charge on any atom is 0.0608 e. The van der Waals surface area contributed by atoms with Gasteiger partial charge in [0.05, 0.1) is 8.42 Å². The van der Waals surface area contributed by atoms with E-state index in [9.17, 15) is 0 Å². The lowest BCUT2D eigenvalue weighted by Gasteiger charge is -1.90. The van der Waals surface area contributed by atoms with Crippen LogP contribution in [0.4, 0.5) is 0 Å². The highest BCUT2D eigenvalue weighted by molar-refractivity contribution is 8.00. The molecule has 0 N–H and O–H groups in total. The molecule has 0 aliphatic carbocycles. The fourth-order valence-corrected chi connectivity index (χ4v) is 9.04. The monoisotopic (exact) mass is 496 g/mol. The summed E-state index contributed by atoms with van der Waals surface area (Å²) < 4.78 is 8.27. The summed E-state index contributed by atoms with van der Waals surface area (Å²) in [7, 11) is 0. The molecule has 6 heteroatoms. The number of hydrogen-bond acceptors (Lipinski definition) is 6. The Labute approximate surface area is 199 Å². The smallest absolute Gasteiger partial charge is 0.0608 e. The molecular formula is C24H16S6. The van der Waals surface area contributed by atoms with E-state index in [-0.39, 0.29) is 0 Å². The summed E-state index contributed by atoms with van der Waals surface area (Å²) in [4.78, 5) is 2.63. The SMILES string of the molecule is CSc1cc2c(ccc3sc(/C=C/c4cc5c(ccc6sc(SC)cc65)s4)cc32)s1. The molecule has 0 aliphatic heterocycles. The second-order valence-electron chi connectivity index (χ2n) is 6.95. The number of hydrogen-bond donors (Lipinski definition) is 0. The van der Waals surface area contributed by atoms with E-state index in [0.717, 1.165) is 0 Å². The Hall–Kier alpha value is -1.28. The molecule has 148 valence electrons. The minimum absolute atomic E-state index is 1.32. The van der Waals surface area contributed by atoms with Crippen LogP contribution in [0.5, 0.6) is 0 Å². The first-order valence-corrected chi connectivity index (χ1v) is 15.1. The van der Waals surface area contributed by atoms with E-state index < -0.39 is 0 Å². The minimum Gasteiger partial charge on any atom is -0.136 e. The molecule has 6 rings (SSSR count). The Morgan fingerprint density at radius 2 is 0.900 bits per heavy atom. The van der Waals surface area contributed by atoms with Crippen molar-refractivity contribution < 1.29 is 0 Å². The number of thiophene rings is 4. The van der Waals surface area contributed by atoms with Crippen molar-refractivity contribution in [2.45, 2.75) is 8.42 Å². The van der Waals surface area contributed by atoms with Crippen molar-refractivity contribution >= 4 is 121 Å². The van der Waals surface area contributed by atoms with Gasteiger partial charge >= 0.3 is 0 Å². The Bertz CT molecular complexity index is 1450. The quantitative estimate of drug-likeness (QED) is 0.223. The maximum absolute atomic E-state index is 2.35. The third-order valence-corrected chi connectivity index (χ3v) is 11.7. The zero-order valence-electron chi connectivity index (χ0n) is 16.2. The normalized spacial score (nSPS) is 12.5. The van der Waals surface area contributed by atoms with Gasteiger partial charge in [-0.1, -0.05) is 0 Å². The highest BCUT2D eigenvalue weighted by Gasteiger charge is 2.10. The molecule has 2 aromatic carbocycles. The number of rotatable bonds is 4. The predicted octanol–water partition coefficient (Wildman–Crippen LogP) is 10.2. The van der Waals surface area contributed by atoms with Crippen LogP contribution in [0.3, 0.4) is 0 Å². The lowest BCUT2D eigenvalue weighted by molar-refractivity contribution is 1.79. The van der Waals surface area contributed by atoms with Crippen molar-refractivity contribution in [2.24, 2.45) is 0 Å². The number of benzene rings is 2. The molecule has 6 aromatic rings. The molecule has 0 saturated heterocycles. The van der Waals surface area contributed by atoms with Crippen LogP contribution in [0, 0.1) is 0 Å². The molecule has 0 spiro atoms. The van der Waals surface area contributed by atoms with Crippen molar-refractivity contribution in [1.82, 2.24) is 0 Å². The van der Waals surface area contributed by atoms with Gasteiger partial charge < -0.3 is 0 Å². The second kappa shape index (κ2) is 7.69. The van der Waals surface area contributed by atoms with Crippen molar-refractivity contribution in [1.29, 1.82) is 0 Å². The van der Waals surface area contributed by atoms with Crippen LogP contribution in [-0.2, 0) is 0 Å². The topological polar surface area (TPSA) is 0 Å². The van der Waals surface area contributed by atoms with Gasteiger partial charge in [-0.05, 0) is 73.2 Å². The van der Waals surface area contributed by atoms with Crippen LogP contribution in [0.1, 0.15) is 9.75 Å². The van der Waals surface area contributed by atoms with Crippen molar-refractivity contribution in [3.05, 3.63) is 58.3 Å². The number of thioether (sulfide) groups is 2. The van der Waals surface area contributed by atoms with Gasteiger partial charge in [0.15, 0.2) is 0 Å². The minimum atomic E-state index is 1.32. The van der Waals surface area contributed by atoms with Crippen LogP contribution in [-0.4, -0.2) is 12.5 Å². The van der Waals surface area contributed by atoms with Gasteiger partial charge in [0, 0.05) is 50.1 Å². The molecular weight excluding hydrogens is 481 g/mol. The van der Waals surface area contributed by atoms with Gasteiger partial charge in [-0.2, -0.15) is 0 Å².